The lowest BCUT2D eigenvalue weighted by atomic mass is 9.77. The topological polar surface area (TPSA) is 93.2 Å². The number of rotatable bonds is 13. The summed E-state index contributed by atoms with van der Waals surface area (Å²) in [5.74, 6) is -1.20. The molecule has 0 bridgehead atoms. The minimum Gasteiger partial charge on any atom is -0.380 e. The summed E-state index contributed by atoms with van der Waals surface area (Å²) in [6, 6.07) is 11.6. The van der Waals surface area contributed by atoms with Gasteiger partial charge in [0.1, 0.15) is 0 Å². The monoisotopic (exact) mass is 672 g/mol. The molecule has 1 unspecified atom stereocenters. The minimum atomic E-state index is -0.326. The number of carbonyl (C=O) groups is 4. The van der Waals surface area contributed by atoms with Gasteiger partial charge in [-0.15, -0.1) is 0 Å². The van der Waals surface area contributed by atoms with Crippen LogP contribution in [-0.4, -0.2) is 72.9 Å². The Morgan fingerprint density at radius 1 is 0.640 bits per heavy atom. The third-order valence-electron chi connectivity index (χ3n) is 10.7. The van der Waals surface area contributed by atoms with Crippen LogP contribution in [0.3, 0.4) is 0 Å². The molecule has 0 spiro atoms. The smallest absolute Gasteiger partial charge is 0.261 e. The Hall–Kier alpha value is -4.66. The van der Waals surface area contributed by atoms with Gasteiger partial charge in [0.05, 0.1) is 26.3 Å². The molecule has 7 rings (SSSR count). The summed E-state index contributed by atoms with van der Waals surface area (Å²) in [6.45, 7) is 14.4. The second-order valence-electron chi connectivity index (χ2n) is 13.6. The molecule has 258 valence electrons. The van der Waals surface area contributed by atoms with Crippen LogP contribution in [0.4, 0.5) is 0 Å². The van der Waals surface area contributed by atoms with Crippen LogP contribution in [0.5, 0.6) is 0 Å². The van der Waals surface area contributed by atoms with E-state index < -0.39 is 0 Å². The Morgan fingerprint density at radius 2 is 1.12 bits per heavy atom. The van der Waals surface area contributed by atoms with E-state index in [-0.39, 0.29) is 55.8 Å². The van der Waals surface area contributed by atoms with E-state index in [1.54, 1.807) is 0 Å². The molecule has 1 atom stereocenters. The van der Waals surface area contributed by atoms with E-state index in [9.17, 15) is 19.2 Å². The fourth-order valence-electron chi connectivity index (χ4n) is 7.88. The minimum absolute atomic E-state index is 0.0832. The molecule has 2 heterocycles. The highest BCUT2D eigenvalue weighted by molar-refractivity contribution is 6.42. The lowest BCUT2D eigenvalue weighted by Gasteiger charge is -2.32. The maximum absolute atomic E-state index is 14.2. The largest absolute Gasteiger partial charge is 0.380 e. The van der Waals surface area contributed by atoms with Gasteiger partial charge in [-0.1, -0.05) is 45.9 Å². The van der Waals surface area contributed by atoms with Crippen molar-refractivity contribution < 1.29 is 28.7 Å². The Labute approximate surface area is 292 Å². The maximum Gasteiger partial charge on any atom is 0.261 e. The highest BCUT2D eigenvalue weighted by Gasteiger charge is 2.38. The Bertz CT molecular complexity index is 2270. The average Bonchev–Trinajstić information content (AvgIpc) is 3.13. The van der Waals surface area contributed by atoms with E-state index in [0.29, 0.717) is 46.2 Å². The highest BCUT2D eigenvalue weighted by atomic mass is 16.5. The molecule has 2 aliphatic heterocycles. The normalized spacial score (nSPS) is 15.6. The molecule has 0 radical (unpaired) electrons. The predicted molar refractivity (Wildman–Crippen MR) is 199 cm³/mol. The zero-order valence-electron chi connectivity index (χ0n) is 29.8. The van der Waals surface area contributed by atoms with Gasteiger partial charge in [0.15, 0.2) is 0 Å². The summed E-state index contributed by atoms with van der Waals surface area (Å²) in [7, 11) is 0. The van der Waals surface area contributed by atoms with E-state index in [1.165, 1.54) is 9.80 Å². The van der Waals surface area contributed by atoms with Crippen molar-refractivity contribution in [2.24, 2.45) is 0 Å². The zero-order valence-corrected chi connectivity index (χ0v) is 29.8. The predicted octanol–water partition coefficient (Wildman–Crippen LogP) is 8.72. The highest BCUT2D eigenvalue weighted by Crippen LogP contribution is 2.50. The molecule has 5 aromatic rings. The Kier molecular flexibility index (Phi) is 8.95. The fraction of sp³-hybridized carbons (Fsp3) is 0.381. The van der Waals surface area contributed by atoms with Crippen molar-refractivity contribution in [1.29, 1.82) is 0 Å². The van der Waals surface area contributed by atoms with Crippen molar-refractivity contribution in [1.82, 2.24) is 9.80 Å². The number of ether oxygens (including phenoxy) is 2. The van der Waals surface area contributed by atoms with Crippen LogP contribution in [0.15, 0.2) is 42.5 Å². The summed E-state index contributed by atoms with van der Waals surface area (Å²) in [5.41, 5.74) is 4.89. The van der Waals surface area contributed by atoms with E-state index in [0.717, 1.165) is 68.3 Å². The molecule has 4 amide bonds. The number of nitrogens with zero attached hydrogens (tertiary/aromatic N) is 2. The maximum atomic E-state index is 14.2. The number of imide groups is 2. The van der Waals surface area contributed by atoms with Crippen LogP contribution in [0.25, 0.3) is 48.7 Å². The van der Waals surface area contributed by atoms with Crippen LogP contribution in [-0.2, 0) is 9.47 Å². The Balaban J connectivity index is 1.58. The van der Waals surface area contributed by atoms with Crippen molar-refractivity contribution >= 4 is 72.3 Å². The van der Waals surface area contributed by atoms with Gasteiger partial charge in [-0.2, -0.15) is 0 Å². The number of hydrogen-bond donors (Lipinski definition) is 0. The molecule has 0 N–H and O–H groups in total. The van der Waals surface area contributed by atoms with Crippen molar-refractivity contribution in [3.63, 3.8) is 0 Å². The summed E-state index contributed by atoms with van der Waals surface area (Å²) in [6.07, 6.45) is 4.57. The van der Waals surface area contributed by atoms with Crippen LogP contribution in [0, 0.1) is 0 Å². The van der Waals surface area contributed by atoms with Gasteiger partial charge in [-0.25, -0.2) is 0 Å². The van der Waals surface area contributed by atoms with Gasteiger partial charge in [0.25, 0.3) is 23.6 Å². The molecule has 0 fully saturated rings. The van der Waals surface area contributed by atoms with E-state index >= 15 is 0 Å². The number of benzene rings is 5. The number of hydrogen-bond acceptors (Lipinski definition) is 6. The molecule has 2 aliphatic rings. The number of fused-ring (bicyclic) bond motifs is 2. The number of allylic oxidation sites excluding steroid dienone is 2. The van der Waals surface area contributed by atoms with Crippen LogP contribution >= 0.6 is 0 Å². The molecule has 0 saturated heterocycles. The van der Waals surface area contributed by atoms with Gasteiger partial charge in [0.2, 0.25) is 0 Å². The van der Waals surface area contributed by atoms with E-state index in [4.69, 9.17) is 9.47 Å². The van der Waals surface area contributed by atoms with Crippen molar-refractivity contribution in [3.05, 3.63) is 75.9 Å². The molecule has 5 aromatic carbocycles. The molecule has 8 nitrogen and oxygen atoms in total. The molecule has 0 saturated carbocycles. The standard InChI is InChI=1S/C42H44N2O6/c1-7-17-49-19-15-43-39(45)27-13-11-25-34-30(24(6)10-4)22-32-36-28(40(46)44(42(32)48)16-20-50-18-8-2)14-12-26(38(34)36)33-29(23(5)9-3)21-31(41(43)47)35(27)37(25)33/h9,11-14,21-22,24H,7-8,10,15-20H2,1-6H3/b23-9+. The van der Waals surface area contributed by atoms with Crippen molar-refractivity contribution in [3.8, 4) is 0 Å². The first-order chi connectivity index (χ1) is 24.2. The molecule has 0 aromatic heterocycles. The number of carbonyl (C=O) groups excluding carboxylic acids is 4. The lowest BCUT2D eigenvalue weighted by molar-refractivity contribution is 0.0511. The first-order valence-electron chi connectivity index (χ1n) is 18.0. The van der Waals surface area contributed by atoms with E-state index in [1.807, 2.05) is 70.2 Å². The summed E-state index contributed by atoms with van der Waals surface area (Å²) >= 11 is 0. The summed E-state index contributed by atoms with van der Waals surface area (Å²) < 4.78 is 11.4. The second kappa shape index (κ2) is 13.2. The molecule has 8 heteroatoms. The third kappa shape index (κ3) is 4.95. The van der Waals surface area contributed by atoms with Gasteiger partial charge < -0.3 is 9.47 Å². The molecular formula is C42H44N2O6. The zero-order chi connectivity index (χ0) is 35.4. The SMILES string of the molecule is C/C=C(\C)c1cc2c3c(ccc4c5c(C(C)CC)cc6c7c(ccc(c1c34)c75)C(=O)N(CCOCCC)C6=O)C(=O)N(CCOCCC)C2=O. The molecular weight excluding hydrogens is 628 g/mol. The van der Waals surface area contributed by atoms with E-state index in [2.05, 4.69) is 13.8 Å². The first kappa shape index (κ1) is 33.8. The lowest BCUT2D eigenvalue weighted by Crippen LogP contribution is -2.42. The van der Waals surface area contributed by atoms with Crippen LogP contribution in [0.1, 0.15) is 119 Å². The van der Waals surface area contributed by atoms with Crippen LogP contribution < -0.4 is 0 Å². The fourth-order valence-corrected chi connectivity index (χ4v) is 7.88. The molecule has 0 aliphatic carbocycles. The molecule has 50 heavy (non-hydrogen) atoms. The summed E-state index contributed by atoms with van der Waals surface area (Å²) in [4.78, 5) is 59.2. The number of amides is 4. The van der Waals surface area contributed by atoms with Crippen LogP contribution in [0.2, 0.25) is 0 Å². The van der Waals surface area contributed by atoms with Crippen molar-refractivity contribution in [2.45, 2.75) is 66.7 Å². The quantitative estimate of drug-likeness (QED) is 0.0538. The Morgan fingerprint density at radius 3 is 1.62 bits per heavy atom. The van der Waals surface area contributed by atoms with Gasteiger partial charge in [-0.3, -0.25) is 29.0 Å². The average molecular weight is 673 g/mol. The summed E-state index contributed by atoms with van der Waals surface area (Å²) in [5, 5.41) is 6.75. The van der Waals surface area contributed by atoms with Gasteiger partial charge >= 0.3 is 0 Å². The van der Waals surface area contributed by atoms with Gasteiger partial charge in [0, 0.05) is 46.2 Å². The third-order valence-corrected chi connectivity index (χ3v) is 10.7. The first-order valence-corrected chi connectivity index (χ1v) is 18.0. The van der Waals surface area contributed by atoms with Crippen molar-refractivity contribution in [2.75, 3.05) is 39.5 Å². The van der Waals surface area contributed by atoms with Gasteiger partial charge in [-0.05, 0) is 112 Å². The second-order valence-corrected chi connectivity index (χ2v) is 13.6.